The maximum absolute atomic E-state index is 11.7. The van der Waals surface area contributed by atoms with Crippen LogP contribution in [0.3, 0.4) is 0 Å². The monoisotopic (exact) mass is 453 g/mol. The number of aliphatic imine (C=N–C) groups is 1. The number of rotatable bonds is 7. The average Bonchev–Trinajstić information content (AvgIpc) is 3.28. The third-order valence-corrected chi connectivity index (χ3v) is 7.11. The Labute approximate surface area is 201 Å². The molecular weight excluding hydrogens is 422 g/mol. The number of aromatic carboxylic acids is 1. The Kier molecular flexibility index (Phi) is 6.48. The third kappa shape index (κ3) is 4.91. The van der Waals surface area contributed by atoms with Crippen molar-refractivity contribution in [3.8, 4) is 16.9 Å². The number of fused-ring (bicyclic) bond motifs is 1. The zero-order chi connectivity index (χ0) is 23.5. The van der Waals surface area contributed by atoms with Crippen molar-refractivity contribution < 1.29 is 14.6 Å². The van der Waals surface area contributed by atoms with Gasteiger partial charge in [-0.2, -0.15) is 0 Å². The molecule has 3 aromatic carbocycles. The molecule has 2 aliphatic rings. The first-order valence-electron chi connectivity index (χ1n) is 12.3. The number of carbonyl (C=O) groups is 1. The molecule has 0 atom stereocenters. The van der Waals surface area contributed by atoms with E-state index in [4.69, 9.17) is 9.73 Å². The first-order valence-corrected chi connectivity index (χ1v) is 12.3. The first kappa shape index (κ1) is 22.4. The third-order valence-electron chi connectivity index (χ3n) is 7.11. The van der Waals surface area contributed by atoms with Crippen molar-refractivity contribution in [1.29, 1.82) is 0 Å². The van der Waals surface area contributed by atoms with Crippen LogP contribution < -0.4 is 4.74 Å². The van der Waals surface area contributed by atoms with Gasteiger partial charge < -0.3 is 9.84 Å². The smallest absolute Gasteiger partial charge is 0.336 e. The molecule has 0 saturated heterocycles. The molecule has 5 rings (SSSR count). The minimum atomic E-state index is -0.896. The SMILES string of the molecule is Cc1cc2c(c(C(=O)O)c1)CC(c1ccc(-c3cccc(OCCC4CCCCC4)c3)cc1)=N2. The van der Waals surface area contributed by atoms with Gasteiger partial charge in [0.15, 0.2) is 0 Å². The van der Waals surface area contributed by atoms with Crippen LogP contribution in [0.2, 0.25) is 0 Å². The van der Waals surface area contributed by atoms with Gasteiger partial charge in [0.05, 0.1) is 23.6 Å². The van der Waals surface area contributed by atoms with Crippen molar-refractivity contribution in [2.75, 3.05) is 6.61 Å². The highest BCUT2D eigenvalue weighted by molar-refractivity contribution is 6.09. The van der Waals surface area contributed by atoms with E-state index in [-0.39, 0.29) is 0 Å². The standard InChI is InChI=1S/C30H31NO3/c1-20-16-27(30(32)33)26-19-28(31-29(26)17-20)23-12-10-22(11-13-23)24-8-5-9-25(18-24)34-15-14-21-6-3-2-4-7-21/h5,8-13,16-18,21H,2-4,6-7,14-15,19H2,1H3,(H,32,33). The predicted molar refractivity (Wildman–Crippen MR) is 137 cm³/mol. The summed E-state index contributed by atoms with van der Waals surface area (Å²) >= 11 is 0. The number of aryl methyl sites for hydroxylation is 1. The van der Waals surface area contributed by atoms with E-state index < -0.39 is 5.97 Å². The fourth-order valence-electron chi connectivity index (χ4n) is 5.23. The van der Waals surface area contributed by atoms with Gasteiger partial charge >= 0.3 is 5.97 Å². The van der Waals surface area contributed by atoms with Crippen LogP contribution >= 0.6 is 0 Å². The number of ether oxygens (including phenoxy) is 1. The Hall–Kier alpha value is -3.40. The molecule has 1 aliphatic carbocycles. The summed E-state index contributed by atoms with van der Waals surface area (Å²) in [5, 5.41) is 9.57. The second-order valence-corrected chi connectivity index (χ2v) is 9.60. The summed E-state index contributed by atoms with van der Waals surface area (Å²) < 4.78 is 6.08. The molecule has 0 bridgehead atoms. The fourth-order valence-corrected chi connectivity index (χ4v) is 5.23. The van der Waals surface area contributed by atoms with E-state index in [1.165, 1.54) is 32.1 Å². The molecular formula is C30H31NO3. The number of carboxylic acid groups (broad SMARTS) is 1. The topological polar surface area (TPSA) is 58.9 Å². The Bertz CT molecular complexity index is 1220. The van der Waals surface area contributed by atoms with E-state index in [1.54, 1.807) is 6.07 Å². The van der Waals surface area contributed by atoms with Crippen molar-refractivity contribution in [2.24, 2.45) is 10.9 Å². The second-order valence-electron chi connectivity index (χ2n) is 9.60. The van der Waals surface area contributed by atoms with Crippen LogP contribution in [0.5, 0.6) is 5.75 Å². The van der Waals surface area contributed by atoms with Crippen molar-refractivity contribution in [1.82, 2.24) is 0 Å². The van der Waals surface area contributed by atoms with Gasteiger partial charge in [-0.05, 0) is 71.3 Å². The second kappa shape index (κ2) is 9.84. The highest BCUT2D eigenvalue weighted by Crippen LogP contribution is 2.34. The molecule has 4 nitrogen and oxygen atoms in total. The molecule has 1 aliphatic heterocycles. The van der Waals surface area contributed by atoms with Gasteiger partial charge in [-0.25, -0.2) is 4.79 Å². The molecule has 1 heterocycles. The fraction of sp³-hybridized carbons (Fsp3) is 0.333. The number of benzene rings is 3. The normalized spacial score (nSPS) is 15.6. The first-order chi connectivity index (χ1) is 16.6. The Morgan fingerprint density at radius 3 is 2.50 bits per heavy atom. The Balaban J connectivity index is 1.26. The molecule has 174 valence electrons. The Morgan fingerprint density at radius 1 is 0.971 bits per heavy atom. The van der Waals surface area contributed by atoms with E-state index in [9.17, 15) is 9.90 Å². The van der Waals surface area contributed by atoms with Crippen LogP contribution in [-0.2, 0) is 6.42 Å². The van der Waals surface area contributed by atoms with E-state index >= 15 is 0 Å². The van der Waals surface area contributed by atoms with Crippen LogP contribution in [0.1, 0.15) is 65.6 Å². The van der Waals surface area contributed by atoms with Gasteiger partial charge in [0.25, 0.3) is 0 Å². The van der Waals surface area contributed by atoms with Crippen LogP contribution in [-0.4, -0.2) is 23.4 Å². The van der Waals surface area contributed by atoms with Gasteiger partial charge in [-0.1, -0.05) is 68.5 Å². The molecule has 1 fully saturated rings. The molecule has 0 unspecified atom stereocenters. The van der Waals surface area contributed by atoms with Gasteiger partial charge in [-0.3, -0.25) is 4.99 Å². The molecule has 0 radical (unpaired) electrons. The lowest BCUT2D eigenvalue weighted by Crippen LogP contribution is -2.10. The van der Waals surface area contributed by atoms with Crippen molar-refractivity contribution in [2.45, 2.75) is 51.9 Å². The molecule has 0 spiro atoms. The minimum Gasteiger partial charge on any atom is -0.494 e. The summed E-state index contributed by atoms with van der Waals surface area (Å²) in [5.41, 5.74) is 7.03. The summed E-state index contributed by atoms with van der Waals surface area (Å²) in [6.45, 7) is 2.69. The van der Waals surface area contributed by atoms with Gasteiger partial charge in [0.1, 0.15) is 5.75 Å². The Morgan fingerprint density at radius 2 is 1.74 bits per heavy atom. The average molecular weight is 454 g/mol. The number of nitrogens with zero attached hydrogens (tertiary/aromatic N) is 1. The summed E-state index contributed by atoms with van der Waals surface area (Å²) in [7, 11) is 0. The maximum Gasteiger partial charge on any atom is 0.336 e. The zero-order valence-electron chi connectivity index (χ0n) is 19.7. The number of carboxylic acids is 1. The summed E-state index contributed by atoms with van der Waals surface area (Å²) in [4.78, 5) is 16.4. The molecule has 0 aromatic heterocycles. The molecule has 34 heavy (non-hydrogen) atoms. The van der Waals surface area contributed by atoms with Crippen LogP contribution in [0.4, 0.5) is 5.69 Å². The minimum absolute atomic E-state index is 0.352. The van der Waals surface area contributed by atoms with Crippen molar-refractivity contribution in [3.05, 3.63) is 82.9 Å². The summed E-state index contributed by atoms with van der Waals surface area (Å²) in [6.07, 6.45) is 8.52. The summed E-state index contributed by atoms with van der Waals surface area (Å²) in [6, 6.07) is 20.3. The molecule has 1 N–H and O–H groups in total. The van der Waals surface area contributed by atoms with Gasteiger partial charge in [0, 0.05) is 6.42 Å². The van der Waals surface area contributed by atoms with Crippen LogP contribution in [0, 0.1) is 12.8 Å². The molecule has 0 amide bonds. The number of hydrogen-bond acceptors (Lipinski definition) is 3. The van der Waals surface area contributed by atoms with Gasteiger partial charge in [0.2, 0.25) is 0 Å². The largest absolute Gasteiger partial charge is 0.494 e. The maximum atomic E-state index is 11.7. The lowest BCUT2D eigenvalue weighted by atomic mass is 9.87. The van der Waals surface area contributed by atoms with Crippen LogP contribution in [0.25, 0.3) is 11.1 Å². The quantitative estimate of drug-likeness (QED) is 0.406. The lowest BCUT2D eigenvalue weighted by Gasteiger charge is -2.21. The van der Waals surface area contributed by atoms with Gasteiger partial charge in [-0.15, -0.1) is 0 Å². The van der Waals surface area contributed by atoms with E-state index in [1.807, 2.05) is 25.1 Å². The van der Waals surface area contributed by atoms with E-state index in [0.29, 0.717) is 12.0 Å². The number of hydrogen-bond donors (Lipinski definition) is 1. The highest BCUT2D eigenvalue weighted by atomic mass is 16.5. The molecule has 1 saturated carbocycles. The van der Waals surface area contributed by atoms with Crippen LogP contribution in [0.15, 0.2) is 65.7 Å². The van der Waals surface area contributed by atoms with Crippen molar-refractivity contribution >= 4 is 17.4 Å². The van der Waals surface area contributed by atoms with E-state index in [0.717, 1.165) is 63.9 Å². The molecule has 4 heteroatoms. The zero-order valence-corrected chi connectivity index (χ0v) is 19.7. The highest BCUT2D eigenvalue weighted by Gasteiger charge is 2.23. The van der Waals surface area contributed by atoms with E-state index in [2.05, 4.69) is 36.4 Å². The lowest BCUT2D eigenvalue weighted by molar-refractivity contribution is 0.0696. The summed E-state index contributed by atoms with van der Waals surface area (Å²) in [5.74, 6) is 0.849. The van der Waals surface area contributed by atoms with Crippen molar-refractivity contribution in [3.63, 3.8) is 0 Å². The molecule has 3 aromatic rings. The predicted octanol–water partition coefficient (Wildman–Crippen LogP) is 7.39.